The average Bonchev–Trinajstić information content (AvgIpc) is 3.11. The SMILES string of the molecule is CC(C)(C)c1ccc(OCCOc2ccc(/C=C3\SC(=O)N(Cc4ccc(Cl)cc4Cl)C3=O)cc2)cc1. The molecule has 1 saturated heterocycles. The van der Waals surface area contributed by atoms with Crippen molar-refractivity contribution in [3.8, 4) is 11.5 Å². The third-order valence-electron chi connectivity index (χ3n) is 5.74. The number of nitrogens with zero attached hydrogens (tertiary/aromatic N) is 1. The molecule has 3 aromatic rings. The number of hydrogen-bond acceptors (Lipinski definition) is 5. The fourth-order valence-electron chi connectivity index (χ4n) is 3.64. The molecular formula is C29H27Cl2NO4S. The standard InChI is InChI=1S/C29H27Cl2NO4S/c1-29(2,3)21-7-12-24(13-8-21)36-15-14-35-23-10-4-19(5-11-23)16-26-27(33)32(28(34)37-26)18-20-6-9-22(30)17-25(20)31/h4-13,16-17H,14-15,18H2,1-3H3/b26-16-. The highest BCUT2D eigenvalue weighted by atomic mass is 35.5. The largest absolute Gasteiger partial charge is 0.490 e. The van der Waals surface area contributed by atoms with Gasteiger partial charge in [-0.05, 0) is 76.3 Å². The molecular weight excluding hydrogens is 529 g/mol. The molecule has 8 heteroatoms. The molecule has 0 radical (unpaired) electrons. The van der Waals surface area contributed by atoms with Crippen molar-refractivity contribution in [1.82, 2.24) is 4.90 Å². The molecule has 0 saturated carbocycles. The van der Waals surface area contributed by atoms with E-state index in [4.69, 9.17) is 32.7 Å². The van der Waals surface area contributed by atoms with Gasteiger partial charge >= 0.3 is 0 Å². The van der Waals surface area contributed by atoms with Crippen molar-refractivity contribution < 1.29 is 19.1 Å². The minimum absolute atomic E-state index is 0.0909. The maximum atomic E-state index is 12.8. The van der Waals surface area contributed by atoms with Crippen LogP contribution in [0.25, 0.3) is 6.08 Å². The smallest absolute Gasteiger partial charge is 0.293 e. The minimum atomic E-state index is -0.353. The van der Waals surface area contributed by atoms with Crippen LogP contribution in [-0.4, -0.2) is 29.3 Å². The van der Waals surface area contributed by atoms with Crippen molar-refractivity contribution in [2.24, 2.45) is 0 Å². The van der Waals surface area contributed by atoms with E-state index in [1.165, 1.54) is 10.5 Å². The number of carbonyl (C=O) groups is 2. The van der Waals surface area contributed by atoms with Crippen LogP contribution in [0.4, 0.5) is 4.79 Å². The van der Waals surface area contributed by atoms with Crippen LogP contribution in [0.5, 0.6) is 11.5 Å². The Morgan fingerprint density at radius 2 is 1.46 bits per heavy atom. The summed E-state index contributed by atoms with van der Waals surface area (Å²) < 4.78 is 11.5. The van der Waals surface area contributed by atoms with Crippen LogP contribution in [-0.2, 0) is 16.8 Å². The van der Waals surface area contributed by atoms with Gasteiger partial charge < -0.3 is 9.47 Å². The molecule has 1 fully saturated rings. The van der Waals surface area contributed by atoms with E-state index in [1.807, 2.05) is 36.4 Å². The zero-order valence-electron chi connectivity index (χ0n) is 20.8. The van der Waals surface area contributed by atoms with E-state index >= 15 is 0 Å². The number of halogens is 2. The molecule has 0 bridgehead atoms. The summed E-state index contributed by atoms with van der Waals surface area (Å²) in [6.07, 6.45) is 1.70. The van der Waals surface area contributed by atoms with Crippen molar-refractivity contribution in [3.63, 3.8) is 0 Å². The average molecular weight is 557 g/mol. The van der Waals surface area contributed by atoms with Crippen LogP contribution < -0.4 is 9.47 Å². The molecule has 0 spiro atoms. The van der Waals surface area contributed by atoms with E-state index in [2.05, 4.69) is 32.9 Å². The van der Waals surface area contributed by atoms with Gasteiger partial charge in [0.2, 0.25) is 0 Å². The second-order valence-electron chi connectivity index (χ2n) is 9.54. The van der Waals surface area contributed by atoms with Crippen LogP contribution in [0, 0.1) is 0 Å². The van der Waals surface area contributed by atoms with Gasteiger partial charge in [-0.15, -0.1) is 0 Å². The van der Waals surface area contributed by atoms with Gasteiger partial charge in [-0.3, -0.25) is 14.5 Å². The molecule has 0 aliphatic carbocycles. The van der Waals surface area contributed by atoms with Crippen LogP contribution >= 0.6 is 35.0 Å². The summed E-state index contributed by atoms with van der Waals surface area (Å²) in [7, 11) is 0. The lowest BCUT2D eigenvalue weighted by Gasteiger charge is -2.19. The van der Waals surface area contributed by atoms with Gasteiger partial charge in [-0.25, -0.2) is 0 Å². The Balaban J connectivity index is 1.29. The second kappa shape index (κ2) is 11.6. The summed E-state index contributed by atoms with van der Waals surface area (Å²) in [5, 5.41) is 0.568. The van der Waals surface area contributed by atoms with E-state index < -0.39 is 0 Å². The Morgan fingerprint density at radius 3 is 2.03 bits per heavy atom. The molecule has 4 rings (SSSR count). The lowest BCUT2D eigenvalue weighted by atomic mass is 9.87. The molecule has 0 unspecified atom stereocenters. The van der Waals surface area contributed by atoms with Gasteiger partial charge in [0.15, 0.2) is 0 Å². The fourth-order valence-corrected chi connectivity index (χ4v) is 4.94. The van der Waals surface area contributed by atoms with Crippen molar-refractivity contribution in [2.45, 2.75) is 32.7 Å². The monoisotopic (exact) mass is 555 g/mol. The van der Waals surface area contributed by atoms with Crippen LogP contribution in [0.2, 0.25) is 10.0 Å². The molecule has 1 aliphatic heterocycles. The first-order chi connectivity index (χ1) is 17.6. The molecule has 1 heterocycles. The van der Waals surface area contributed by atoms with Gasteiger partial charge in [0.25, 0.3) is 11.1 Å². The van der Waals surface area contributed by atoms with Gasteiger partial charge in [-0.2, -0.15) is 0 Å². The molecule has 1 aliphatic rings. The van der Waals surface area contributed by atoms with E-state index in [0.717, 1.165) is 23.1 Å². The molecule has 0 aromatic heterocycles. The van der Waals surface area contributed by atoms with Crippen molar-refractivity contribution in [1.29, 1.82) is 0 Å². The van der Waals surface area contributed by atoms with Gasteiger partial charge in [0, 0.05) is 10.0 Å². The van der Waals surface area contributed by atoms with E-state index in [0.29, 0.717) is 39.5 Å². The molecule has 0 atom stereocenters. The topological polar surface area (TPSA) is 55.8 Å². The van der Waals surface area contributed by atoms with Crippen molar-refractivity contribution >= 4 is 52.2 Å². The maximum absolute atomic E-state index is 12.8. The predicted molar refractivity (Wildman–Crippen MR) is 151 cm³/mol. The highest BCUT2D eigenvalue weighted by Crippen LogP contribution is 2.34. The zero-order chi connectivity index (χ0) is 26.6. The Hall–Kier alpha value is -2.93. The number of benzene rings is 3. The first-order valence-corrected chi connectivity index (χ1v) is 13.3. The molecule has 5 nitrogen and oxygen atoms in total. The summed E-state index contributed by atoms with van der Waals surface area (Å²) in [5.74, 6) is 1.14. The van der Waals surface area contributed by atoms with Crippen molar-refractivity contribution in [3.05, 3.63) is 98.4 Å². The summed E-state index contributed by atoms with van der Waals surface area (Å²) in [5.41, 5.74) is 2.81. The number of imide groups is 1. The molecule has 0 N–H and O–H groups in total. The highest BCUT2D eigenvalue weighted by molar-refractivity contribution is 8.18. The lowest BCUT2D eigenvalue weighted by Crippen LogP contribution is -2.27. The van der Waals surface area contributed by atoms with Crippen LogP contribution in [0.15, 0.2) is 71.6 Å². The number of hydrogen-bond donors (Lipinski definition) is 0. The maximum Gasteiger partial charge on any atom is 0.293 e. The number of amides is 2. The lowest BCUT2D eigenvalue weighted by molar-refractivity contribution is -0.123. The zero-order valence-corrected chi connectivity index (χ0v) is 23.1. The van der Waals surface area contributed by atoms with Crippen LogP contribution in [0.1, 0.15) is 37.5 Å². The summed E-state index contributed by atoms with van der Waals surface area (Å²) >= 11 is 13.0. The number of rotatable bonds is 8. The number of ether oxygens (including phenoxy) is 2. The second-order valence-corrected chi connectivity index (χ2v) is 11.4. The van der Waals surface area contributed by atoms with Crippen LogP contribution in [0.3, 0.4) is 0 Å². The highest BCUT2D eigenvalue weighted by Gasteiger charge is 2.35. The first kappa shape index (κ1) is 27.1. The Kier molecular flexibility index (Phi) is 8.53. The van der Waals surface area contributed by atoms with Crippen molar-refractivity contribution in [2.75, 3.05) is 13.2 Å². The normalized spacial score (nSPS) is 14.9. The Bertz CT molecular complexity index is 1320. The van der Waals surface area contributed by atoms with E-state index in [9.17, 15) is 9.59 Å². The molecule has 192 valence electrons. The Labute approximate surface area is 231 Å². The van der Waals surface area contributed by atoms with Gasteiger partial charge in [-0.1, -0.05) is 74.3 Å². The fraction of sp³-hybridized carbons (Fsp3) is 0.241. The summed E-state index contributed by atoms with van der Waals surface area (Å²) in [4.78, 5) is 26.8. The Morgan fingerprint density at radius 1 is 0.865 bits per heavy atom. The summed E-state index contributed by atoms with van der Waals surface area (Å²) in [6.45, 7) is 7.44. The molecule has 2 amide bonds. The molecule has 37 heavy (non-hydrogen) atoms. The third-order valence-corrected chi connectivity index (χ3v) is 7.23. The molecule has 3 aromatic carbocycles. The summed E-state index contributed by atoms with van der Waals surface area (Å²) in [6, 6.07) is 20.4. The number of carbonyl (C=O) groups excluding carboxylic acids is 2. The minimum Gasteiger partial charge on any atom is -0.490 e. The van der Waals surface area contributed by atoms with Gasteiger partial charge in [0.05, 0.1) is 11.4 Å². The van der Waals surface area contributed by atoms with E-state index in [-0.39, 0.29) is 23.1 Å². The predicted octanol–water partition coefficient (Wildman–Crippen LogP) is 7.99. The quantitative estimate of drug-likeness (QED) is 0.208. The van der Waals surface area contributed by atoms with E-state index in [1.54, 1.807) is 24.3 Å². The number of thioether (sulfide) groups is 1. The van der Waals surface area contributed by atoms with Gasteiger partial charge in [0.1, 0.15) is 24.7 Å². The third kappa shape index (κ3) is 7.10. The first-order valence-electron chi connectivity index (χ1n) is 11.8.